The lowest BCUT2D eigenvalue weighted by atomic mass is 10.1. The van der Waals surface area contributed by atoms with Gasteiger partial charge in [-0.25, -0.2) is 0 Å². The SMILES string of the molecule is CC.COc1ccccc1C(C)Nc1ccc(C)nc1. The van der Waals surface area contributed by atoms with E-state index in [0.29, 0.717) is 0 Å². The number of aryl methyl sites for hydroxylation is 1. The molecule has 20 heavy (non-hydrogen) atoms. The highest BCUT2D eigenvalue weighted by Gasteiger charge is 2.10. The maximum absolute atomic E-state index is 5.37. The second kappa shape index (κ2) is 8.20. The van der Waals surface area contributed by atoms with Gasteiger partial charge in [-0.1, -0.05) is 32.0 Å². The lowest BCUT2D eigenvalue weighted by Gasteiger charge is -2.18. The van der Waals surface area contributed by atoms with Gasteiger partial charge in [0, 0.05) is 11.3 Å². The van der Waals surface area contributed by atoms with E-state index in [1.165, 1.54) is 0 Å². The van der Waals surface area contributed by atoms with E-state index in [1.54, 1.807) is 7.11 Å². The van der Waals surface area contributed by atoms with Crippen LogP contribution in [0, 0.1) is 6.92 Å². The fourth-order valence-electron chi connectivity index (χ4n) is 1.91. The first kappa shape index (κ1) is 16.0. The van der Waals surface area contributed by atoms with Gasteiger partial charge in [-0.2, -0.15) is 0 Å². The monoisotopic (exact) mass is 272 g/mol. The number of hydrogen-bond donors (Lipinski definition) is 1. The average Bonchev–Trinajstić information content (AvgIpc) is 2.51. The van der Waals surface area contributed by atoms with Crippen LogP contribution in [0.15, 0.2) is 42.6 Å². The van der Waals surface area contributed by atoms with Crippen LogP contribution in [0.3, 0.4) is 0 Å². The summed E-state index contributed by atoms with van der Waals surface area (Å²) in [6.07, 6.45) is 1.85. The maximum atomic E-state index is 5.37. The topological polar surface area (TPSA) is 34.1 Å². The molecular weight excluding hydrogens is 248 g/mol. The molecule has 0 spiro atoms. The molecule has 0 amide bonds. The van der Waals surface area contributed by atoms with Crippen LogP contribution in [0.1, 0.15) is 38.1 Å². The third-order valence-electron chi connectivity index (χ3n) is 2.90. The number of methoxy groups -OCH3 is 1. The first-order valence-corrected chi connectivity index (χ1v) is 7.03. The molecule has 1 unspecified atom stereocenters. The number of hydrogen-bond acceptors (Lipinski definition) is 3. The zero-order valence-corrected chi connectivity index (χ0v) is 13.0. The minimum absolute atomic E-state index is 0.172. The maximum Gasteiger partial charge on any atom is 0.124 e. The van der Waals surface area contributed by atoms with E-state index in [-0.39, 0.29) is 6.04 Å². The number of rotatable bonds is 4. The third-order valence-corrected chi connectivity index (χ3v) is 2.90. The predicted octanol–water partition coefficient (Wildman–Crippen LogP) is 4.60. The van der Waals surface area contributed by atoms with E-state index < -0.39 is 0 Å². The summed E-state index contributed by atoms with van der Waals surface area (Å²) >= 11 is 0. The van der Waals surface area contributed by atoms with E-state index in [0.717, 1.165) is 22.7 Å². The Hall–Kier alpha value is -2.03. The van der Waals surface area contributed by atoms with Crippen molar-refractivity contribution in [2.45, 2.75) is 33.7 Å². The average molecular weight is 272 g/mol. The van der Waals surface area contributed by atoms with Crippen LogP contribution in [-0.4, -0.2) is 12.1 Å². The lowest BCUT2D eigenvalue weighted by molar-refractivity contribution is 0.408. The zero-order valence-electron chi connectivity index (χ0n) is 13.0. The van der Waals surface area contributed by atoms with Gasteiger partial charge in [-0.15, -0.1) is 0 Å². The van der Waals surface area contributed by atoms with Crippen LogP contribution in [0.5, 0.6) is 5.75 Å². The highest BCUT2D eigenvalue weighted by Crippen LogP contribution is 2.27. The summed E-state index contributed by atoms with van der Waals surface area (Å²) < 4.78 is 5.37. The van der Waals surface area contributed by atoms with Gasteiger partial charge in [0.2, 0.25) is 0 Å². The van der Waals surface area contributed by atoms with Crippen molar-refractivity contribution in [1.82, 2.24) is 4.98 Å². The Morgan fingerprint density at radius 2 is 1.80 bits per heavy atom. The van der Waals surface area contributed by atoms with Gasteiger partial charge in [0.05, 0.1) is 25.0 Å². The summed E-state index contributed by atoms with van der Waals surface area (Å²) in [5, 5.41) is 3.42. The zero-order chi connectivity index (χ0) is 15.0. The highest BCUT2D eigenvalue weighted by atomic mass is 16.5. The third kappa shape index (κ3) is 4.26. The van der Waals surface area contributed by atoms with Gasteiger partial charge in [0.15, 0.2) is 0 Å². The van der Waals surface area contributed by atoms with E-state index in [9.17, 15) is 0 Å². The summed E-state index contributed by atoms with van der Waals surface area (Å²) in [5.41, 5.74) is 3.17. The van der Waals surface area contributed by atoms with Crippen molar-refractivity contribution >= 4 is 5.69 Å². The molecule has 0 radical (unpaired) electrons. The van der Waals surface area contributed by atoms with Gasteiger partial charge in [0.25, 0.3) is 0 Å². The Bertz CT molecular complexity index is 509. The molecule has 2 rings (SSSR count). The Labute approximate surface area is 122 Å². The molecule has 1 atom stereocenters. The van der Waals surface area contributed by atoms with Crippen LogP contribution in [0.25, 0.3) is 0 Å². The first-order valence-electron chi connectivity index (χ1n) is 7.03. The quantitative estimate of drug-likeness (QED) is 0.883. The fraction of sp³-hybridized carbons (Fsp3) is 0.353. The molecule has 0 bridgehead atoms. The van der Waals surface area contributed by atoms with E-state index >= 15 is 0 Å². The van der Waals surface area contributed by atoms with Crippen molar-refractivity contribution in [3.63, 3.8) is 0 Å². The van der Waals surface area contributed by atoms with Crippen molar-refractivity contribution in [3.8, 4) is 5.75 Å². The first-order chi connectivity index (χ1) is 9.70. The highest BCUT2D eigenvalue weighted by molar-refractivity contribution is 5.46. The van der Waals surface area contributed by atoms with Crippen LogP contribution < -0.4 is 10.1 Å². The molecule has 1 N–H and O–H groups in total. The van der Waals surface area contributed by atoms with Gasteiger partial charge in [-0.3, -0.25) is 4.98 Å². The molecule has 1 aromatic heterocycles. The molecule has 1 heterocycles. The van der Waals surface area contributed by atoms with Gasteiger partial charge < -0.3 is 10.1 Å². The second-order valence-corrected chi connectivity index (χ2v) is 4.30. The van der Waals surface area contributed by atoms with E-state index in [2.05, 4.69) is 23.3 Å². The van der Waals surface area contributed by atoms with Crippen molar-refractivity contribution < 1.29 is 4.74 Å². The summed E-state index contributed by atoms with van der Waals surface area (Å²) in [6.45, 7) is 8.09. The predicted molar refractivity (Wildman–Crippen MR) is 85.4 cm³/mol. The number of pyridine rings is 1. The Balaban J connectivity index is 0.000000956. The summed E-state index contributed by atoms with van der Waals surface area (Å²) in [4.78, 5) is 4.27. The van der Waals surface area contributed by atoms with E-state index in [4.69, 9.17) is 4.74 Å². The number of para-hydroxylation sites is 1. The van der Waals surface area contributed by atoms with Gasteiger partial charge in [0.1, 0.15) is 5.75 Å². The number of anilines is 1. The van der Waals surface area contributed by atoms with Crippen molar-refractivity contribution in [1.29, 1.82) is 0 Å². The Morgan fingerprint density at radius 1 is 1.10 bits per heavy atom. The molecule has 0 aliphatic carbocycles. The molecule has 3 heteroatoms. The lowest BCUT2D eigenvalue weighted by Crippen LogP contribution is -2.08. The molecule has 3 nitrogen and oxygen atoms in total. The number of benzene rings is 1. The molecule has 108 valence electrons. The smallest absolute Gasteiger partial charge is 0.124 e. The molecule has 0 fully saturated rings. The molecule has 1 aromatic carbocycles. The summed E-state index contributed by atoms with van der Waals surface area (Å²) in [5.74, 6) is 0.901. The van der Waals surface area contributed by atoms with E-state index in [1.807, 2.05) is 57.3 Å². The molecule has 0 aliphatic heterocycles. The normalized spacial score (nSPS) is 11.1. The van der Waals surface area contributed by atoms with Crippen LogP contribution in [0.2, 0.25) is 0 Å². The van der Waals surface area contributed by atoms with Crippen LogP contribution in [-0.2, 0) is 0 Å². The van der Waals surface area contributed by atoms with Gasteiger partial charge >= 0.3 is 0 Å². The van der Waals surface area contributed by atoms with Crippen LogP contribution in [0.4, 0.5) is 5.69 Å². The van der Waals surface area contributed by atoms with Crippen LogP contribution >= 0.6 is 0 Å². The number of nitrogens with zero attached hydrogens (tertiary/aromatic N) is 1. The molecule has 0 saturated heterocycles. The Morgan fingerprint density at radius 3 is 2.40 bits per heavy atom. The molecule has 0 aliphatic rings. The largest absolute Gasteiger partial charge is 0.496 e. The fourth-order valence-corrected chi connectivity index (χ4v) is 1.91. The number of ether oxygens (including phenoxy) is 1. The van der Waals surface area contributed by atoms with Crippen molar-refractivity contribution in [3.05, 3.63) is 53.9 Å². The number of nitrogens with one attached hydrogen (secondary N) is 1. The molecular formula is C17H24N2O. The number of aromatic nitrogens is 1. The second-order valence-electron chi connectivity index (χ2n) is 4.30. The summed E-state index contributed by atoms with van der Waals surface area (Å²) in [7, 11) is 1.69. The van der Waals surface area contributed by atoms with Crippen molar-refractivity contribution in [2.75, 3.05) is 12.4 Å². The minimum Gasteiger partial charge on any atom is -0.496 e. The minimum atomic E-state index is 0.172. The summed E-state index contributed by atoms with van der Waals surface area (Å²) in [6, 6.07) is 12.2. The Kier molecular flexibility index (Phi) is 6.57. The van der Waals surface area contributed by atoms with Gasteiger partial charge in [-0.05, 0) is 32.0 Å². The standard InChI is InChI=1S/C15H18N2O.C2H6/c1-11-8-9-13(10-16-11)17-12(2)14-6-4-5-7-15(14)18-3;1-2/h4-10,12,17H,1-3H3;1-2H3. The molecule has 2 aromatic rings. The van der Waals surface area contributed by atoms with Crippen molar-refractivity contribution in [2.24, 2.45) is 0 Å². The molecule has 0 saturated carbocycles.